The molecule has 2 unspecified atom stereocenters. The third-order valence-electron chi connectivity index (χ3n) is 3.08. The molecule has 0 saturated carbocycles. The Kier molecular flexibility index (Phi) is 6.94. The molecule has 0 heterocycles. The van der Waals surface area contributed by atoms with Gasteiger partial charge in [0.25, 0.3) is 0 Å². The summed E-state index contributed by atoms with van der Waals surface area (Å²) >= 11 is 0. The standard InChI is InChI=1S/C15H25NO2/c1-12(2)15(11-18-3)16-10-14(17)9-13-7-5-4-6-8-13/h4-8,12,14-17H,9-11H2,1-3H3. The van der Waals surface area contributed by atoms with Crippen molar-refractivity contribution in [1.82, 2.24) is 5.32 Å². The Balaban J connectivity index is 2.33. The average molecular weight is 251 g/mol. The Hall–Kier alpha value is -0.900. The van der Waals surface area contributed by atoms with Crippen LogP contribution in [0.1, 0.15) is 19.4 Å². The number of rotatable bonds is 8. The van der Waals surface area contributed by atoms with E-state index in [4.69, 9.17) is 4.74 Å². The molecule has 1 rings (SSSR count). The highest BCUT2D eigenvalue weighted by Gasteiger charge is 2.14. The maximum atomic E-state index is 10.00. The summed E-state index contributed by atoms with van der Waals surface area (Å²) in [6, 6.07) is 10.4. The van der Waals surface area contributed by atoms with Gasteiger partial charge < -0.3 is 15.2 Å². The van der Waals surface area contributed by atoms with E-state index in [0.717, 1.165) is 0 Å². The van der Waals surface area contributed by atoms with Crippen molar-refractivity contribution in [2.75, 3.05) is 20.3 Å². The van der Waals surface area contributed by atoms with Gasteiger partial charge in [0, 0.05) is 19.7 Å². The highest BCUT2D eigenvalue weighted by molar-refractivity contribution is 5.15. The van der Waals surface area contributed by atoms with Crippen LogP contribution >= 0.6 is 0 Å². The molecular formula is C15H25NO2. The second-order valence-corrected chi connectivity index (χ2v) is 5.06. The van der Waals surface area contributed by atoms with Crippen molar-refractivity contribution < 1.29 is 9.84 Å². The Morgan fingerprint density at radius 1 is 1.22 bits per heavy atom. The van der Waals surface area contributed by atoms with Crippen LogP contribution in [0.5, 0.6) is 0 Å². The third-order valence-corrected chi connectivity index (χ3v) is 3.08. The molecule has 18 heavy (non-hydrogen) atoms. The van der Waals surface area contributed by atoms with Crippen molar-refractivity contribution in [3.8, 4) is 0 Å². The van der Waals surface area contributed by atoms with E-state index in [1.807, 2.05) is 30.3 Å². The molecule has 0 aliphatic carbocycles. The molecule has 0 aliphatic rings. The average Bonchev–Trinajstić information content (AvgIpc) is 2.35. The fourth-order valence-electron chi connectivity index (χ4n) is 1.91. The van der Waals surface area contributed by atoms with E-state index in [9.17, 15) is 5.11 Å². The molecule has 3 nitrogen and oxygen atoms in total. The van der Waals surface area contributed by atoms with Crippen molar-refractivity contribution in [1.29, 1.82) is 0 Å². The Morgan fingerprint density at radius 3 is 2.44 bits per heavy atom. The van der Waals surface area contributed by atoms with Gasteiger partial charge in [-0.25, -0.2) is 0 Å². The zero-order valence-electron chi connectivity index (χ0n) is 11.6. The van der Waals surface area contributed by atoms with Crippen LogP contribution in [-0.4, -0.2) is 37.5 Å². The van der Waals surface area contributed by atoms with Crippen LogP contribution < -0.4 is 5.32 Å². The molecular weight excluding hydrogens is 226 g/mol. The van der Waals surface area contributed by atoms with E-state index in [1.54, 1.807) is 7.11 Å². The van der Waals surface area contributed by atoms with Gasteiger partial charge in [0.2, 0.25) is 0 Å². The minimum atomic E-state index is -0.356. The SMILES string of the molecule is COCC(NCC(O)Cc1ccccc1)C(C)C. The minimum Gasteiger partial charge on any atom is -0.391 e. The largest absolute Gasteiger partial charge is 0.391 e. The zero-order chi connectivity index (χ0) is 13.4. The topological polar surface area (TPSA) is 41.5 Å². The van der Waals surface area contributed by atoms with Crippen LogP contribution in [0.3, 0.4) is 0 Å². The summed E-state index contributed by atoms with van der Waals surface area (Å²) in [5, 5.41) is 13.4. The first-order chi connectivity index (χ1) is 8.63. The maximum Gasteiger partial charge on any atom is 0.0704 e. The summed E-state index contributed by atoms with van der Waals surface area (Å²) in [6.45, 7) is 5.58. The van der Waals surface area contributed by atoms with Gasteiger partial charge in [0.15, 0.2) is 0 Å². The van der Waals surface area contributed by atoms with Gasteiger partial charge in [-0.1, -0.05) is 44.2 Å². The van der Waals surface area contributed by atoms with Crippen LogP contribution in [-0.2, 0) is 11.2 Å². The molecule has 0 spiro atoms. The molecule has 0 aromatic heterocycles. The van der Waals surface area contributed by atoms with E-state index in [1.165, 1.54) is 5.56 Å². The van der Waals surface area contributed by atoms with Crippen LogP contribution in [0.2, 0.25) is 0 Å². The molecule has 2 N–H and O–H groups in total. The third kappa shape index (κ3) is 5.63. The van der Waals surface area contributed by atoms with Gasteiger partial charge in [-0.2, -0.15) is 0 Å². The summed E-state index contributed by atoms with van der Waals surface area (Å²) in [6.07, 6.45) is 0.330. The number of methoxy groups -OCH3 is 1. The number of aliphatic hydroxyl groups excluding tert-OH is 1. The maximum absolute atomic E-state index is 10.00. The number of hydrogen-bond donors (Lipinski definition) is 2. The lowest BCUT2D eigenvalue weighted by Crippen LogP contribution is -2.42. The Morgan fingerprint density at radius 2 is 1.89 bits per heavy atom. The summed E-state index contributed by atoms with van der Waals surface area (Å²) in [5.41, 5.74) is 1.17. The number of hydrogen-bond acceptors (Lipinski definition) is 3. The second-order valence-electron chi connectivity index (χ2n) is 5.06. The first-order valence-electron chi connectivity index (χ1n) is 6.57. The van der Waals surface area contributed by atoms with Crippen molar-refractivity contribution in [2.24, 2.45) is 5.92 Å². The predicted octanol–water partition coefficient (Wildman–Crippen LogP) is 1.85. The lowest BCUT2D eigenvalue weighted by Gasteiger charge is -2.23. The van der Waals surface area contributed by atoms with Crippen LogP contribution in [0.4, 0.5) is 0 Å². The number of aliphatic hydroxyl groups is 1. The lowest BCUT2D eigenvalue weighted by atomic mass is 10.0. The number of benzene rings is 1. The molecule has 0 aliphatic heterocycles. The lowest BCUT2D eigenvalue weighted by molar-refractivity contribution is 0.124. The van der Waals surface area contributed by atoms with Gasteiger partial charge in [0.1, 0.15) is 0 Å². The monoisotopic (exact) mass is 251 g/mol. The van der Waals surface area contributed by atoms with E-state index in [0.29, 0.717) is 31.5 Å². The first-order valence-corrected chi connectivity index (χ1v) is 6.57. The van der Waals surface area contributed by atoms with Crippen molar-refractivity contribution in [3.05, 3.63) is 35.9 Å². The fraction of sp³-hybridized carbons (Fsp3) is 0.600. The molecule has 1 aromatic carbocycles. The molecule has 0 bridgehead atoms. The zero-order valence-corrected chi connectivity index (χ0v) is 11.6. The van der Waals surface area contributed by atoms with Gasteiger partial charge in [0.05, 0.1) is 12.7 Å². The molecule has 0 amide bonds. The van der Waals surface area contributed by atoms with Crippen molar-refractivity contribution in [3.63, 3.8) is 0 Å². The first kappa shape index (κ1) is 15.2. The van der Waals surface area contributed by atoms with Crippen molar-refractivity contribution >= 4 is 0 Å². The molecule has 0 fully saturated rings. The molecule has 2 atom stereocenters. The normalized spacial score (nSPS) is 14.7. The fourth-order valence-corrected chi connectivity index (χ4v) is 1.91. The van der Waals surface area contributed by atoms with Crippen LogP contribution in [0, 0.1) is 5.92 Å². The van der Waals surface area contributed by atoms with Crippen LogP contribution in [0.15, 0.2) is 30.3 Å². The van der Waals surface area contributed by atoms with Gasteiger partial charge in [-0.05, 0) is 17.9 Å². The smallest absolute Gasteiger partial charge is 0.0704 e. The Bertz CT molecular complexity index is 314. The van der Waals surface area contributed by atoms with Gasteiger partial charge in [-0.15, -0.1) is 0 Å². The van der Waals surface area contributed by atoms with E-state index in [-0.39, 0.29) is 6.10 Å². The minimum absolute atomic E-state index is 0.292. The summed E-state index contributed by atoms with van der Waals surface area (Å²) in [5.74, 6) is 0.494. The van der Waals surface area contributed by atoms with Crippen LogP contribution in [0.25, 0.3) is 0 Å². The van der Waals surface area contributed by atoms with E-state index >= 15 is 0 Å². The Labute approximate surface area is 110 Å². The summed E-state index contributed by atoms with van der Waals surface area (Å²) in [7, 11) is 1.71. The molecule has 0 radical (unpaired) electrons. The predicted molar refractivity (Wildman–Crippen MR) is 74.7 cm³/mol. The summed E-state index contributed by atoms with van der Waals surface area (Å²) < 4.78 is 5.17. The van der Waals surface area contributed by atoms with E-state index < -0.39 is 0 Å². The van der Waals surface area contributed by atoms with Gasteiger partial charge >= 0.3 is 0 Å². The summed E-state index contributed by atoms with van der Waals surface area (Å²) in [4.78, 5) is 0. The van der Waals surface area contributed by atoms with Crippen molar-refractivity contribution in [2.45, 2.75) is 32.4 Å². The highest BCUT2D eigenvalue weighted by atomic mass is 16.5. The molecule has 102 valence electrons. The second kappa shape index (κ2) is 8.25. The van der Waals surface area contributed by atoms with Gasteiger partial charge in [-0.3, -0.25) is 0 Å². The van der Waals surface area contributed by atoms with E-state index in [2.05, 4.69) is 19.2 Å². The quantitative estimate of drug-likeness (QED) is 0.741. The number of ether oxygens (including phenoxy) is 1. The molecule has 1 aromatic rings. The molecule has 0 saturated heterocycles. The number of nitrogens with one attached hydrogen (secondary N) is 1. The molecule has 3 heteroatoms. The highest BCUT2D eigenvalue weighted by Crippen LogP contribution is 2.05.